The smallest absolute Gasteiger partial charge is 0.408 e. The number of ether oxygens (including phenoxy) is 1. The number of fused-ring (bicyclic) bond motifs is 2. The molecule has 1 amide bonds. The Hall–Kier alpha value is -3.21. The van der Waals surface area contributed by atoms with Crippen molar-refractivity contribution in [2.24, 2.45) is 0 Å². The zero-order valence-corrected chi connectivity index (χ0v) is 21.6. The number of aliphatic carboxylic acids is 1. The summed E-state index contributed by atoms with van der Waals surface area (Å²) in [7, 11) is 0. The van der Waals surface area contributed by atoms with Crippen LogP contribution in [-0.2, 0) is 21.3 Å². The van der Waals surface area contributed by atoms with Gasteiger partial charge in [0.1, 0.15) is 11.6 Å². The van der Waals surface area contributed by atoms with E-state index in [1.54, 1.807) is 20.8 Å². The molecule has 7 heteroatoms. The van der Waals surface area contributed by atoms with E-state index in [-0.39, 0.29) is 6.16 Å². The highest BCUT2D eigenvalue weighted by Gasteiger charge is 2.34. The summed E-state index contributed by atoms with van der Waals surface area (Å²) >= 11 is 6.50. The number of rotatable bonds is 6. The maximum atomic E-state index is 12.5. The summed E-state index contributed by atoms with van der Waals surface area (Å²) < 4.78 is 5.35. The Kier molecular flexibility index (Phi) is 6.98. The first kappa shape index (κ1) is 24.9. The normalized spacial score (nSPS) is 12.9. The molecular weight excluding hydrogens is 477 g/mol. The van der Waals surface area contributed by atoms with E-state index in [0.29, 0.717) is 0 Å². The molecule has 0 spiro atoms. The van der Waals surface area contributed by atoms with Crippen molar-refractivity contribution in [1.29, 1.82) is 0 Å². The summed E-state index contributed by atoms with van der Waals surface area (Å²) in [6.07, 6.45) is -0.707. The zero-order chi connectivity index (χ0) is 25.2. The Balaban J connectivity index is 1.90. The Morgan fingerprint density at radius 2 is 1.31 bits per heavy atom. The highest BCUT2D eigenvalue weighted by molar-refractivity contribution is 8.22. The van der Waals surface area contributed by atoms with Crippen LogP contribution >= 0.6 is 6.04 Å². The minimum Gasteiger partial charge on any atom is -0.480 e. The molecule has 5 nitrogen and oxygen atoms in total. The van der Waals surface area contributed by atoms with Crippen LogP contribution in [0.5, 0.6) is 0 Å². The fourth-order valence-electron chi connectivity index (χ4n) is 4.27. The van der Waals surface area contributed by atoms with E-state index in [9.17, 15) is 14.7 Å². The summed E-state index contributed by atoms with van der Waals surface area (Å²) in [5, 5.41) is 18.6. The number of carbonyl (C=O) groups is 2. The number of nitrogens with one attached hydrogen (secondary N) is 1. The second-order valence-electron chi connectivity index (χ2n) is 9.46. The summed E-state index contributed by atoms with van der Waals surface area (Å²) in [4.78, 5) is 24.9. The van der Waals surface area contributed by atoms with E-state index in [4.69, 9.17) is 16.5 Å². The molecule has 0 aliphatic carbocycles. The lowest BCUT2D eigenvalue weighted by molar-refractivity contribution is -0.138. The van der Waals surface area contributed by atoms with Gasteiger partial charge in [0.2, 0.25) is 0 Å². The van der Waals surface area contributed by atoms with Gasteiger partial charge in [-0.3, -0.25) is 0 Å². The average Bonchev–Trinajstić information content (AvgIpc) is 2.81. The van der Waals surface area contributed by atoms with Gasteiger partial charge in [0.15, 0.2) is 0 Å². The van der Waals surface area contributed by atoms with Crippen molar-refractivity contribution in [2.45, 2.75) is 32.4 Å². The summed E-state index contributed by atoms with van der Waals surface area (Å²) in [6, 6.07) is 23.9. The van der Waals surface area contributed by atoms with Gasteiger partial charge in [-0.1, -0.05) is 96.7 Å². The molecule has 1 atom stereocenters. The van der Waals surface area contributed by atoms with Crippen LogP contribution in [0.2, 0.25) is 0 Å². The van der Waals surface area contributed by atoms with E-state index in [0.717, 1.165) is 32.2 Å². The van der Waals surface area contributed by atoms with Crippen molar-refractivity contribution in [3.63, 3.8) is 0 Å². The molecule has 0 saturated heterocycles. The van der Waals surface area contributed by atoms with Crippen molar-refractivity contribution in [3.8, 4) is 0 Å². The van der Waals surface area contributed by atoms with Gasteiger partial charge < -0.3 is 15.2 Å². The highest BCUT2D eigenvalue weighted by Crippen LogP contribution is 2.48. The van der Waals surface area contributed by atoms with Gasteiger partial charge in [-0.15, -0.1) is 0 Å². The molecule has 0 unspecified atom stereocenters. The highest BCUT2D eigenvalue weighted by atomic mass is 32.4. The molecule has 0 saturated carbocycles. The molecule has 0 fully saturated rings. The lowest BCUT2D eigenvalue weighted by Gasteiger charge is -2.29. The summed E-state index contributed by atoms with van der Waals surface area (Å²) in [5.41, 5.74) is -0.751. The van der Waals surface area contributed by atoms with Crippen LogP contribution in [0.4, 0.5) is 4.79 Å². The molecule has 0 heterocycles. The zero-order valence-electron chi connectivity index (χ0n) is 19.9. The Labute approximate surface area is 210 Å². The van der Waals surface area contributed by atoms with Crippen LogP contribution in [-0.4, -0.2) is 35.0 Å². The maximum Gasteiger partial charge on any atom is 0.408 e. The van der Waals surface area contributed by atoms with Gasteiger partial charge >= 0.3 is 12.1 Å². The Morgan fingerprint density at radius 1 is 0.857 bits per heavy atom. The number of hydrogen-bond acceptors (Lipinski definition) is 4. The Morgan fingerprint density at radius 3 is 1.77 bits per heavy atom. The minimum absolute atomic E-state index is 0.0684. The third-order valence-corrected chi connectivity index (χ3v) is 10.6. The van der Waals surface area contributed by atoms with E-state index >= 15 is 0 Å². The molecule has 0 aliphatic rings. The van der Waals surface area contributed by atoms with E-state index in [2.05, 4.69) is 5.32 Å². The third-order valence-electron chi connectivity index (χ3n) is 5.74. The van der Waals surface area contributed by atoms with E-state index in [1.807, 2.05) is 84.9 Å². The van der Waals surface area contributed by atoms with E-state index < -0.39 is 29.7 Å². The SMILES string of the molecule is CC(C)(C)OC(=O)N[C@@H](CP(=S)(c1cccc2ccccc12)c1cccc2ccccc12)C(=O)O. The average molecular weight is 506 g/mol. The van der Waals surface area contributed by atoms with Crippen molar-refractivity contribution in [1.82, 2.24) is 5.32 Å². The number of carbonyl (C=O) groups excluding carboxylic acids is 1. The van der Waals surface area contributed by atoms with Crippen LogP contribution in [0, 0.1) is 0 Å². The topological polar surface area (TPSA) is 75.6 Å². The first-order valence-corrected chi connectivity index (χ1v) is 14.4. The van der Waals surface area contributed by atoms with E-state index in [1.165, 1.54) is 0 Å². The molecule has 180 valence electrons. The number of benzene rings is 4. The van der Waals surface area contributed by atoms with Crippen LogP contribution in [0.25, 0.3) is 21.5 Å². The number of amides is 1. The fraction of sp³-hybridized carbons (Fsp3) is 0.214. The van der Waals surface area contributed by atoms with Crippen molar-refractivity contribution in [2.75, 3.05) is 6.16 Å². The molecule has 4 aromatic rings. The van der Waals surface area contributed by atoms with Gasteiger partial charge in [-0.25, -0.2) is 9.59 Å². The van der Waals surface area contributed by atoms with Crippen LogP contribution in [0.1, 0.15) is 20.8 Å². The molecular formula is C28H28NO4PS. The van der Waals surface area contributed by atoms with Gasteiger partial charge in [-0.2, -0.15) is 0 Å². The van der Waals surface area contributed by atoms with Crippen molar-refractivity contribution in [3.05, 3.63) is 84.9 Å². The van der Waals surface area contributed by atoms with Crippen LogP contribution < -0.4 is 15.9 Å². The number of alkyl carbamates (subject to hydrolysis) is 1. The number of carboxylic acids is 1. The third kappa shape index (κ3) is 5.39. The standard InChI is InChI=1S/C28H28NO4PS/c1-28(2,3)33-27(32)29-23(26(30)31)18-34(35,24-16-8-12-19-10-4-6-14-21(19)24)25-17-9-13-20-11-5-7-15-22(20)25/h4-17,23H,18H2,1-3H3,(H,29,32)(H,30,31)/t23-/m0/s1. The lowest BCUT2D eigenvalue weighted by atomic mass is 10.1. The second-order valence-corrected chi connectivity index (χ2v) is 14.1. The maximum absolute atomic E-state index is 12.5. The van der Waals surface area contributed by atoms with Crippen molar-refractivity contribution < 1.29 is 19.4 Å². The Bertz CT molecular complexity index is 1370. The predicted octanol–water partition coefficient (Wildman–Crippen LogP) is 5.40. The van der Waals surface area contributed by atoms with Crippen LogP contribution in [0.3, 0.4) is 0 Å². The summed E-state index contributed by atoms with van der Waals surface area (Å²) in [6.45, 7) is 5.21. The van der Waals surface area contributed by atoms with Gasteiger partial charge in [0.05, 0.1) is 0 Å². The first-order chi connectivity index (χ1) is 16.6. The summed E-state index contributed by atoms with van der Waals surface area (Å²) in [5.74, 6) is -1.15. The fourth-order valence-corrected chi connectivity index (χ4v) is 8.92. The quantitative estimate of drug-likeness (QED) is 0.343. The van der Waals surface area contributed by atoms with Gasteiger partial charge in [-0.05, 0) is 52.9 Å². The van der Waals surface area contributed by atoms with Crippen LogP contribution in [0.15, 0.2) is 84.9 Å². The predicted molar refractivity (Wildman–Crippen MR) is 147 cm³/mol. The molecule has 4 rings (SSSR count). The monoisotopic (exact) mass is 505 g/mol. The largest absolute Gasteiger partial charge is 0.480 e. The molecule has 0 radical (unpaired) electrons. The molecule has 2 N–H and O–H groups in total. The second kappa shape index (κ2) is 9.80. The number of carboxylic acid groups (broad SMARTS) is 1. The number of hydrogen-bond donors (Lipinski definition) is 2. The first-order valence-electron chi connectivity index (χ1n) is 11.4. The molecule has 4 aromatic carbocycles. The van der Waals surface area contributed by atoms with Gasteiger partial charge in [0, 0.05) is 12.2 Å². The molecule has 0 aromatic heterocycles. The van der Waals surface area contributed by atoms with Gasteiger partial charge in [0.25, 0.3) is 0 Å². The van der Waals surface area contributed by atoms with Crippen molar-refractivity contribution >= 4 is 62.1 Å². The molecule has 0 bridgehead atoms. The molecule has 0 aliphatic heterocycles. The minimum atomic E-state index is -2.75. The lowest BCUT2D eigenvalue weighted by Crippen LogP contribution is -2.46. The molecule has 35 heavy (non-hydrogen) atoms.